The highest BCUT2D eigenvalue weighted by Crippen LogP contribution is 2.35. The highest BCUT2D eigenvalue weighted by atomic mass is 32.2. The Morgan fingerprint density at radius 2 is 1.90 bits per heavy atom. The average molecular weight is 309 g/mol. The van der Waals surface area contributed by atoms with Gasteiger partial charge in [0, 0.05) is 25.3 Å². The van der Waals surface area contributed by atoms with Crippen molar-refractivity contribution in [2.45, 2.75) is 37.8 Å². The molecule has 116 valence electrons. The summed E-state index contributed by atoms with van der Waals surface area (Å²) in [5.74, 6) is 0. The molecule has 0 aromatic carbocycles. The standard InChI is InChI=1S/C15H23N3O2S/c1-21(19,20)17-11-7-13(8-12-17)18-10-4-6-15(18)14-5-2-3-9-16-14/h2-3,5,9,13,15H,4,6-8,10-12H2,1H3/t15-/m1/s1. The molecule has 0 unspecified atom stereocenters. The highest BCUT2D eigenvalue weighted by Gasteiger charge is 2.35. The summed E-state index contributed by atoms with van der Waals surface area (Å²) in [6, 6.07) is 6.99. The predicted octanol–water partition coefficient (Wildman–Crippen LogP) is 1.64. The molecule has 0 spiro atoms. The third-order valence-corrected chi connectivity index (χ3v) is 5.99. The third-order valence-electron chi connectivity index (χ3n) is 4.68. The minimum atomic E-state index is -3.04. The summed E-state index contributed by atoms with van der Waals surface area (Å²) in [5.41, 5.74) is 1.15. The van der Waals surface area contributed by atoms with E-state index in [1.54, 1.807) is 4.31 Å². The van der Waals surface area contributed by atoms with Crippen molar-refractivity contribution in [1.29, 1.82) is 0 Å². The molecule has 0 N–H and O–H groups in total. The van der Waals surface area contributed by atoms with Crippen LogP contribution in [0.4, 0.5) is 0 Å². The predicted molar refractivity (Wildman–Crippen MR) is 82.4 cm³/mol. The van der Waals surface area contributed by atoms with Crippen LogP contribution in [-0.2, 0) is 10.0 Å². The molecule has 1 aromatic heterocycles. The van der Waals surface area contributed by atoms with Crippen molar-refractivity contribution in [3.63, 3.8) is 0 Å². The maximum Gasteiger partial charge on any atom is 0.211 e. The average Bonchev–Trinajstić information content (AvgIpc) is 2.97. The smallest absolute Gasteiger partial charge is 0.211 e. The highest BCUT2D eigenvalue weighted by molar-refractivity contribution is 7.88. The first kappa shape index (κ1) is 14.9. The van der Waals surface area contributed by atoms with E-state index in [0.717, 1.165) is 31.5 Å². The van der Waals surface area contributed by atoms with Crippen molar-refractivity contribution >= 4 is 10.0 Å². The van der Waals surface area contributed by atoms with Crippen LogP contribution in [-0.4, -0.2) is 54.5 Å². The van der Waals surface area contributed by atoms with Gasteiger partial charge in [-0.25, -0.2) is 12.7 Å². The Morgan fingerprint density at radius 1 is 1.14 bits per heavy atom. The Bertz CT molecular complexity index is 568. The first-order chi connectivity index (χ1) is 10.1. The number of piperidine rings is 1. The van der Waals surface area contributed by atoms with Crippen molar-refractivity contribution in [2.75, 3.05) is 25.9 Å². The van der Waals surface area contributed by atoms with Gasteiger partial charge in [-0.3, -0.25) is 9.88 Å². The Labute approximate surface area is 127 Å². The Kier molecular flexibility index (Phi) is 4.28. The first-order valence-electron chi connectivity index (χ1n) is 7.67. The lowest BCUT2D eigenvalue weighted by Crippen LogP contribution is -2.46. The zero-order valence-electron chi connectivity index (χ0n) is 12.5. The fourth-order valence-electron chi connectivity index (χ4n) is 3.62. The summed E-state index contributed by atoms with van der Waals surface area (Å²) in [6.45, 7) is 2.40. The SMILES string of the molecule is CS(=O)(=O)N1CCC(N2CCC[C@@H]2c2ccccn2)CC1. The normalized spacial score (nSPS) is 26.2. The van der Waals surface area contributed by atoms with Crippen molar-refractivity contribution in [3.05, 3.63) is 30.1 Å². The molecule has 0 bridgehead atoms. The maximum atomic E-state index is 11.6. The van der Waals surface area contributed by atoms with E-state index in [9.17, 15) is 8.42 Å². The molecule has 5 nitrogen and oxygen atoms in total. The molecule has 1 atom stereocenters. The summed E-state index contributed by atoms with van der Waals surface area (Å²) >= 11 is 0. The zero-order valence-corrected chi connectivity index (χ0v) is 13.3. The number of sulfonamides is 1. The van der Waals surface area contributed by atoms with Crippen LogP contribution in [0, 0.1) is 0 Å². The topological polar surface area (TPSA) is 53.5 Å². The van der Waals surface area contributed by atoms with Crippen LogP contribution in [0.5, 0.6) is 0 Å². The second-order valence-electron chi connectivity index (χ2n) is 6.04. The molecule has 2 aliphatic rings. The van der Waals surface area contributed by atoms with Gasteiger partial charge < -0.3 is 0 Å². The van der Waals surface area contributed by atoms with Crippen molar-refractivity contribution < 1.29 is 8.42 Å². The number of aromatic nitrogens is 1. The summed E-state index contributed by atoms with van der Waals surface area (Å²) in [5, 5.41) is 0. The van der Waals surface area contributed by atoms with Crippen LogP contribution in [0.25, 0.3) is 0 Å². The van der Waals surface area contributed by atoms with E-state index in [-0.39, 0.29) is 0 Å². The first-order valence-corrected chi connectivity index (χ1v) is 9.52. The lowest BCUT2D eigenvalue weighted by Gasteiger charge is -2.38. The van der Waals surface area contributed by atoms with Crippen LogP contribution >= 0.6 is 0 Å². The third kappa shape index (κ3) is 3.27. The number of nitrogens with zero attached hydrogens (tertiary/aromatic N) is 3. The summed E-state index contributed by atoms with van der Waals surface area (Å²) in [4.78, 5) is 7.06. The fraction of sp³-hybridized carbons (Fsp3) is 0.667. The lowest BCUT2D eigenvalue weighted by molar-refractivity contribution is 0.125. The van der Waals surface area contributed by atoms with E-state index in [1.165, 1.54) is 12.7 Å². The fourth-order valence-corrected chi connectivity index (χ4v) is 4.50. The molecule has 2 fully saturated rings. The molecule has 2 aliphatic heterocycles. The molecule has 2 saturated heterocycles. The van der Waals surface area contributed by atoms with Gasteiger partial charge in [0.05, 0.1) is 18.0 Å². The van der Waals surface area contributed by atoms with E-state index in [0.29, 0.717) is 25.2 Å². The molecule has 3 rings (SSSR count). The Balaban J connectivity index is 1.67. The van der Waals surface area contributed by atoms with Gasteiger partial charge in [-0.1, -0.05) is 6.07 Å². The molecule has 0 aliphatic carbocycles. The molecule has 1 aromatic rings. The van der Waals surface area contributed by atoms with E-state index < -0.39 is 10.0 Å². The van der Waals surface area contributed by atoms with Crippen molar-refractivity contribution in [3.8, 4) is 0 Å². The molecular formula is C15H23N3O2S. The van der Waals surface area contributed by atoms with Gasteiger partial charge in [-0.05, 0) is 44.4 Å². The molecule has 3 heterocycles. The van der Waals surface area contributed by atoms with Gasteiger partial charge in [-0.15, -0.1) is 0 Å². The largest absolute Gasteiger partial charge is 0.292 e. The van der Waals surface area contributed by atoms with Crippen LogP contribution in [0.2, 0.25) is 0 Å². The zero-order chi connectivity index (χ0) is 14.9. The van der Waals surface area contributed by atoms with Crippen molar-refractivity contribution in [2.24, 2.45) is 0 Å². The van der Waals surface area contributed by atoms with E-state index in [4.69, 9.17) is 0 Å². The quantitative estimate of drug-likeness (QED) is 0.852. The van der Waals surface area contributed by atoms with Crippen LogP contribution in [0.1, 0.15) is 37.4 Å². The van der Waals surface area contributed by atoms with Crippen LogP contribution < -0.4 is 0 Å². The molecule has 0 amide bonds. The Hall–Kier alpha value is -0.980. The van der Waals surface area contributed by atoms with Gasteiger partial charge in [0.15, 0.2) is 0 Å². The monoisotopic (exact) mass is 309 g/mol. The van der Waals surface area contributed by atoms with Gasteiger partial charge >= 0.3 is 0 Å². The van der Waals surface area contributed by atoms with E-state index in [1.807, 2.05) is 18.3 Å². The minimum Gasteiger partial charge on any atom is -0.292 e. The second-order valence-corrected chi connectivity index (χ2v) is 8.03. The lowest BCUT2D eigenvalue weighted by atomic mass is 10.0. The number of likely N-dealkylation sites (tertiary alicyclic amines) is 1. The molecular weight excluding hydrogens is 286 g/mol. The van der Waals surface area contributed by atoms with E-state index >= 15 is 0 Å². The molecule has 21 heavy (non-hydrogen) atoms. The number of pyridine rings is 1. The van der Waals surface area contributed by atoms with Gasteiger partial charge in [0.25, 0.3) is 0 Å². The van der Waals surface area contributed by atoms with Gasteiger partial charge in [0.1, 0.15) is 0 Å². The molecule has 0 saturated carbocycles. The molecule has 6 heteroatoms. The summed E-state index contributed by atoms with van der Waals surface area (Å²) < 4.78 is 24.8. The maximum absolute atomic E-state index is 11.6. The minimum absolute atomic E-state index is 0.404. The van der Waals surface area contributed by atoms with Crippen LogP contribution in [0.3, 0.4) is 0 Å². The Morgan fingerprint density at radius 3 is 2.52 bits per heavy atom. The summed E-state index contributed by atoms with van der Waals surface area (Å²) in [6.07, 6.45) is 7.38. The number of hydrogen-bond donors (Lipinski definition) is 0. The summed E-state index contributed by atoms with van der Waals surface area (Å²) in [7, 11) is -3.04. The van der Waals surface area contributed by atoms with Crippen molar-refractivity contribution in [1.82, 2.24) is 14.2 Å². The molecule has 0 radical (unpaired) electrons. The second kappa shape index (κ2) is 6.02. The number of rotatable bonds is 3. The van der Waals surface area contributed by atoms with Gasteiger partial charge in [0.2, 0.25) is 10.0 Å². The van der Waals surface area contributed by atoms with Crippen LogP contribution in [0.15, 0.2) is 24.4 Å². The van der Waals surface area contributed by atoms with Gasteiger partial charge in [-0.2, -0.15) is 0 Å². The number of hydrogen-bond acceptors (Lipinski definition) is 4. The van der Waals surface area contributed by atoms with E-state index in [2.05, 4.69) is 16.0 Å².